The molecule has 0 aliphatic heterocycles. The molecule has 2 aromatic rings. The van der Waals surface area contributed by atoms with Crippen molar-refractivity contribution in [3.8, 4) is 0 Å². The summed E-state index contributed by atoms with van der Waals surface area (Å²) in [7, 11) is 0. The molecule has 0 spiro atoms. The van der Waals surface area contributed by atoms with Crippen molar-refractivity contribution in [3.63, 3.8) is 0 Å². The van der Waals surface area contributed by atoms with E-state index < -0.39 is 5.60 Å². The lowest BCUT2D eigenvalue weighted by Gasteiger charge is -2.62. The van der Waals surface area contributed by atoms with Crippen molar-refractivity contribution < 1.29 is 10.2 Å². The summed E-state index contributed by atoms with van der Waals surface area (Å²) in [5.74, 6) is 2.17. The zero-order chi connectivity index (χ0) is 21.1. The van der Waals surface area contributed by atoms with Gasteiger partial charge < -0.3 is 14.8 Å². The van der Waals surface area contributed by atoms with Crippen LogP contribution in [0.4, 0.5) is 0 Å². The van der Waals surface area contributed by atoms with E-state index >= 15 is 0 Å². The molecule has 4 heteroatoms. The minimum Gasteiger partial charge on any atom is -0.393 e. The highest BCUT2D eigenvalue weighted by molar-refractivity contribution is 5.77. The average Bonchev–Trinajstić information content (AvgIpc) is 2.96. The molecule has 6 rings (SSSR count). The second kappa shape index (κ2) is 7.06. The molecular formula is C26H38N2O2. The Kier molecular flexibility index (Phi) is 4.83. The number of unbranched alkanes of at least 4 members (excludes halogenated alkanes) is 1. The van der Waals surface area contributed by atoms with Crippen LogP contribution in [0.2, 0.25) is 0 Å². The molecule has 0 amide bonds. The van der Waals surface area contributed by atoms with E-state index in [0.29, 0.717) is 5.41 Å². The molecule has 4 aliphatic rings. The maximum Gasteiger partial charge on any atom is 0.110 e. The van der Waals surface area contributed by atoms with Crippen molar-refractivity contribution in [2.24, 2.45) is 11.3 Å². The van der Waals surface area contributed by atoms with Crippen LogP contribution in [0.1, 0.15) is 96.4 Å². The zero-order valence-electron chi connectivity index (χ0n) is 19.0. The summed E-state index contributed by atoms with van der Waals surface area (Å²) >= 11 is 0. The highest BCUT2D eigenvalue weighted by Crippen LogP contribution is 2.66. The number of rotatable bonds is 9. The van der Waals surface area contributed by atoms with Gasteiger partial charge in [-0.2, -0.15) is 0 Å². The lowest BCUT2D eigenvalue weighted by atomic mass is 9.43. The number of nitrogens with zero attached hydrogens (tertiary/aromatic N) is 2. The smallest absolute Gasteiger partial charge is 0.110 e. The fourth-order valence-electron chi connectivity index (χ4n) is 6.36. The molecule has 0 saturated heterocycles. The monoisotopic (exact) mass is 410 g/mol. The number of aliphatic hydroxyl groups is 2. The number of imidazole rings is 1. The Morgan fingerprint density at radius 1 is 1.20 bits per heavy atom. The van der Waals surface area contributed by atoms with Gasteiger partial charge in [-0.3, -0.25) is 0 Å². The number of aromatic nitrogens is 2. The third-order valence-corrected chi connectivity index (χ3v) is 8.42. The molecule has 0 radical (unpaired) electrons. The molecular weight excluding hydrogens is 372 g/mol. The Labute approximate surface area is 180 Å². The van der Waals surface area contributed by atoms with Crippen LogP contribution in [-0.4, -0.2) is 25.9 Å². The molecule has 4 nitrogen and oxygen atoms in total. The van der Waals surface area contributed by atoms with Crippen molar-refractivity contribution in [1.82, 2.24) is 9.55 Å². The third-order valence-electron chi connectivity index (χ3n) is 8.42. The van der Waals surface area contributed by atoms with E-state index in [1.807, 2.05) is 19.9 Å². The van der Waals surface area contributed by atoms with Crippen LogP contribution in [0.15, 0.2) is 18.2 Å². The lowest BCUT2D eigenvalue weighted by Crippen LogP contribution is -2.53. The van der Waals surface area contributed by atoms with Gasteiger partial charge in [-0.05, 0) is 108 Å². The van der Waals surface area contributed by atoms with E-state index in [2.05, 4.69) is 23.6 Å². The number of benzene rings is 1. The normalized spacial score (nSPS) is 28.0. The molecule has 2 N–H and O–H groups in total. The first-order valence-electron chi connectivity index (χ1n) is 12.1. The summed E-state index contributed by atoms with van der Waals surface area (Å²) in [4.78, 5) is 5.01. The van der Waals surface area contributed by atoms with Crippen LogP contribution in [0.25, 0.3) is 11.0 Å². The quantitative estimate of drug-likeness (QED) is 0.542. The fourth-order valence-corrected chi connectivity index (χ4v) is 6.36. The standard InChI is InChI=1S/C26H38N2O2/c1-24(2,30)19-9-10-21-22(13-19)28(25(3)11-6-12-25)23(27-21)8-5-4-7-20(29)17-26-14-18(15-26)16-26/h9-10,13,18,20,29-30H,4-8,11-12,14-17H2,1-3H3. The molecule has 164 valence electrons. The van der Waals surface area contributed by atoms with E-state index in [-0.39, 0.29) is 11.6 Å². The summed E-state index contributed by atoms with van der Waals surface area (Å²) in [6, 6.07) is 6.22. The summed E-state index contributed by atoms with van der Waals surface area (Å²) in [6.07, 6.45) is 12.7. The third kappa shape index (κ3) is 3.50. The molecule has 1 aromatic carbocycles. The van der Waals surface area contributed by atoms with E-state index in [9.17, 15) is 10.2 Å². The van der Waals surface area contributed by atoms with Crippen LogP contribution in [0.5, 0.6) is 0 Å². The maximum atomic E-state index is 10.5. The van der Waals surface area contributed by atoms with Gasteiger partial charge >= 0.3 is 0 Å². The van der Waals surface area contributed by atoms with Crippen molar-refractivity contribution >= 4 is 11.0 Å². The van der Waals surface area contributed by atoms with Gasteiger partial charge in [0.1, 0.15) is 5.82 Å². The van der Waals surface area contributed by atoms with Gasteiger partial charge in [0, 0.05) is 12.0 Å². The van der Waals surface area contributed by atoms with Crippen molar-refractivity contribution in [2.45, 2.75) is 109 Å². The lowest BCUT2D eigenvalue weighted by molar-refractivity contribution is -0.133. The van der Waals surface area contributed by atoms with Gasteiger partial charge in [-0.1, -0.05) is 12.5 Å². The second-order valence-electron chi connectivity index (χ2n) is 11.6. The molecule has 1 unspecified atom stereocenters. The molecule has 1 atom stereocenters. The number of fused-ring (bicyclic) bond motifs is 1. The van der Waals surface area contributed by atoms with Gasteiger partial charge in [0.2, 0.25) is 0 Å². The first-order chi connectivity index (χ1) is 14.2. The maximum absolute atomic E-state index is 10.5. The van der Waals surface area contributed by atoms with E-state index in [1.165, 1.54) is 44.3 Å². The largest absolute Gasteiger partial charge is 0.393 e. The predicted molar refractivity (Wildman–Crippen MR) is 120 cm³/mol. The highest BCUT2D eigenvalue weighted by Gasteiger charge is 2.56. The SMILES string of the molecule is CC(C)(O)c1ccc2nc(CCCCC(O)CC34CC(C3)C4)n(C3(C)CCC3)c2c1. The van der Waals surface area contributed by atoms with Gasteiger partial charge in [-0.15, -0.1) is 0 Å². The van der Waals surface area contributed by atoms with E-state index in [0.717, 1.165) is 54.6 Å². The van der Waals surface area contributed by atoms with Gasteiger partial charge in [-0.25, -0.2) is 4.98 Å². The Balaban J connectivity index is 1.28. The highest BCUT2D eigenvalue weighted by atomic mass is 16.3. The summed E-state index contributed by atoms with van der Waals surface area (Å²) in [6.45, 7) is 6.05. The Morgan fingerprint density at radius 2 is 1.93 bits per heavy atom. The Morgan fingerprint density at radius 3 is 2.50 bits per heavy atom. The van der Waals surface area contributed by atoms with E-state index in [1.54, 1.807) is 0 Å². The number of aliphatic hydroxyl groups excluding tert-OH is 1. The molecule has 2 bridgehead atoms. The molecule has 1 heterocycles. The second-order valence-corrected chi connectivity index (χ2v) is 11.6. The Bertz CT molecular complexity index is 917. The first-order valence-corrected chi connectivity index (χ1v) is 12.1. The van der Waals surface area contributed by atoms with Crippen molar-refractivity contribution in [2.75, 3.05) is 0 Å². The zero-order valence-corrected chi connectivity index (χ0v) is 19.0. The first kappa shape index (κ1) is 20.5. The van der Waals surface area contributed by atoms with E-state index in [4.69, 9.17) is 4.98 Å². The number of hydrogen-bond acceptors (Lipinski definition) is 3. The van der Waals surface area contributed by atoms with Crippen LogP contribution < -0.4 is 0 Å². The summed E-state index contributed by atoms with van der Waals surface area (Å²) < 4.78 is 2.47. The Hall–Kier alpha value is -1.39. The topological polar surface area (TPSA) is 58.3 Å². The molecule has 4 aliphatic carbocycles. The molecule has 1 aromatic heterocycles. The van der Waals surface area contributed by atoms with Crippen molar-refractivity contribution in [1.29, 1.82) is 0 Å². The molecule has 4 fully saturated rings. The van der Waals surface area contributed by atoms with Gasteiger partial charge in [0.15, 0.2) is 0 Å². The average molecular weight is 411 g/mol. The van der Waals surface area contributed by atoms with Crippen LogP contribution in [0.3, 0.4) is 0 Å². The summed E-state index contributed by atoms with van der Waals surface area (Å²) in [5, 5.41) is 21.0. The van der Waals surface area contributed by atoms with Gasteiger partial charge in [0.05, 0.1) is 22.7 Å². The number of aryl methyl sites for hydroxylation is 1. The minimum atomic E-state index is -0.847. The number of hydrogen-bond donors (Lipinski definition) is 2. The predicted octanol–water partition coefficient (Wildman–Crippen LogP) is 5.43. The summed E-state index contributed by atoms with van der Waals surface area (Å²) in [5.41, 5.74) is 2.98. The molecule has 30 heavy (non-hydrogen) atoms. The van der Waals surface area contributed by atoms with Crippen LogP contribution in [0, 0.1) is 11.3 Å². The fraction of sp³-hybridized carbons (Fsp3) is 0.731. The van der Waals surface area contributed by atoms with Crippen LogP contribution in [-0.2, 0) is 17.6 Å². The van der Waals surface area contributed by atoms with Crippen molar-refractivity contribution in [3.05, 3.63) is 29.6 Å². The van der Waals surface area contributed by atoms with Gasteiger partial charge in [0.25, 0.3) is 0 Å². The van der Waals surface area contributed by atoms with Crippen LogP contribution >= 0.6 is 0 Å². The minimum absolute atomic E-state index is 0.122. The molecule has 4 saturated carbocycles.